The van der Waals surface area contributed by atoms with Crippen LogP contribution in [-0.4, -0.2) is 23.6 Å². The number of carbonyl (C=O) groups excluding carboxylic acids is 4. The van der Waals surface area contributed by atoms with E-state index in [2.05, 4.69) is 185 Å². The number of hydrogen-bond donors (Lipinski definition) is 0. The number of carbonyl (C=O) groups is 4. The molecule has 0 radical (unpaired) electrons. The number of amides is 4. The Morgan fingerprint density at radius 3 is 0.987 bits per heavy atom. The van der Waals surface area contributed by atoms with Gasteiger partial charge in [0.15, 0.2) is 0 Å². The molecule has 1 atom stereocenters. The molecular weight excluding hydrogens is 995 g/mol. The van der Waals surface area contributed by atoms with Gasteiger partial charge in [-0.1, -0.05) is 0 Å². The molecule has 0 bridgehead atoms. The Bertz CT molecular complexity index is 3810. The van der Waals surface area contributed by atoms with Gasteiger partial charge in [-0.2, -0.15) is 0 Å². The molecule has 2 heterocycles. The van der Waals surface area contributed by atoms with Crippen molar-refractivity contribution in [1.29, 1.82) is 0 Å². The van der Waals surface area contributed by atoms with E-state index in [0.717, 1.165) is 33.7 Å². The number of benzene rings is 10. The third-order valence-electron chi connectivity index (χ3n) is 17.0. The molecule has 0 spiro atoms. The van der Waals surface area contributed by atoms with Gasteiger partial charge in [-0.15, -0.1) is 0 Å². The van der Waals surface area contributed by atoms with Gasteiger partial charge in [0, 0.05) is 0 Å². The van der Waals surface area contributed by atoms with Crippen molar-refractivity contribution in [2.75, 3.05) is 9.80 Å². The second kappa shape index (κ2) is 18.8. The first-order valence-corrected chi connectivity index (χ1v) is 30.6. The summed E-state index contributed by atoms with van der Waals surface area (Å²) in [5, 5.41) is 9.10. The maximum atomic E-state index is 15.0. The number of nitrogens with zero attached hydrogens (tertiary/aromatic N) is 2. The van der Waals surface area contributed by atoms with Gasteiger partial charge >= 0.3 is 459 Å². The van der Waals surface area contributed by atoms with E-state index >= 15 is 0 Å². The molecule has 1 aliphatic carbocycles. The molecule has 10 aromatic rings. The Morgan fingerprint density at radius 2 is 0.628 bits per heavy atom. The van der Waals surface area contributed by atoms with E-state index in [9.17, 15) is 19.2 Å². The Kier molecular flexibility index (Phi) is 11.8. The monoisotopic (exact) mass is 1050 g/mol. The van der Waals surface area contributed by atoms with E-state index < -0.39 is 19.9 Å². The number of imide groups is 2. The zero-order chi connectivity index (χ0) is 53.4. The molecule has 380 valence electrons. The summed E-state index contributed by atoms with van der Waals surface area (Å²) < 4.78 is 0. The van der Waals surface area contributed by atoms with E-state index in [4.69, 9.17) is 0 Å². The SMILES string of the molecule is CC1(C)CC(C)(c2ccc(N3C(=O)c4ccc([PH](c5ccccc5)(c5ccccc5)c5ccccc5)cc4C3=O)cc2)c2cc(N3C(=O)c4ccc([PH](c5ccccc5)(c5ccccc5)c5ccccc5)cc4C3=O)ccc21. The van der Waals surface area contributed by atoms with Gasteiger partial charge < -0.3 is 0 Å². The van der Waals surface area contributed by atoms with Crippen LogP contribution in [0.3, 0.4) is 0 Å². The number of rotatable bonds is 11. The van der Waals surface area contributed by atoms with Gasteiger partial charge in [0.2, 0.25) is 0 Å². The van der Waals surface area contributed by atoms with Gasteiger partial charge in [-0.25, -0.2) is 0 Å². The Labute approximate surface area is 456 Å². The van der Waals surface area contributed by atoms with Crippen LogP contribution in [0, 0.1) is 0 Å². The van der Waals surface area contributed by atoms with Crippen LogP contribution in [-0.2, 0) is 10.8 Å². The molecule has 4 amide bonds. The minimum atomic E-state index is -2.99. The summed E-state index contributed by atoms with van der Waals surface area (Å²) in [7, 11) is -5.96. The molecule has 0 saturated heterocycles. The molecule has 0 saturated carbocycles. The van der Waals surface area contributed by atoms with Crippen molar-refractivity contribution in [3.63, 3.8) is 0 Å². The van der Waals surface area contributed by atoms with Crippen molar-refractivity contribution in [1.82, 2.24) is 0 Å². The van der Waals surface area contributed by atoms with Gasteiger partial charge in [-0.3, -0.25) is 0 Å². The molecule has 1 unspecified atom stereocenters. The zero-order valence-corrected chi connectivity index (χ0v) is 45.6. The summed E-state index contributed by atoms with van der Waals surface area (Å²) in [4.78, 5) is 61.5. The van der Waals surface area contributed by atoms with E-state index in [0.29, 0.717) is 33.6 Å². The molecule has 78 heavy (non-hydrogen) atoms. The number of anilines is 2. The predicted molar refractivity (Wildman–Crippen MR) is 324 cm³/mol. The fourth-order valence-corrected chi connectivity index (χ4v) is 23.1. The quantitative estimate of drug-likeness (QED) is 0.0956. The van der Waals surface area contributed by atoms with Crippen LogP contribution in [0.25, 0.3) is 0 Å². The third kappa shape index (κ3) is 7.38. The summed E-state index contributed by atoms with van der Waals surface area (Å²) >= 11 is 0. The Balaban J connectivity index is 0.836. The summed E-state index contributed by atoms with van der Waals surface area (Å²) in [6.07, 6.45) is 0.750. The number of fused-ring (bicyclic) bond motifs is 3. The average molecular weight is 1050 g/mol. The van der Waals surface area contributed by atoms with Crippen molar-refractivity contribution < 1.29 is 19.2 Å². The molecule has 0 fully saturated rings. The first kappa shape index (κ1) is 48.9. The van der Waals surface area contributed by atoms with Crippen LogP contribution < -0.4 is 52.2 Å². The van der Waals surface area contributed by atoms with Crippen LogP contribution >= 0.6 is 14.5 Å². The van der Waals surface area contributed by atoms with Crippen molar-refractivity contribution in [2.45, 2.75) is 38.0 Å². The van der Waals surface area contributed by atoms with Gasteiger partial charge in [0.05, 0.1) is 0 Å². The average Bonchev–Trinajstić information content (AvgIpc) is 4.17. The third-order valence-corrected chi connectivity index (χ3v) is 26.6. The summed E-state index contributed by atoms with van der Waals surface area (Å²) in [5.41, 5.74) is 4.90. The molecule has 8 heteroatoms. The minimum absolute atomic E-state index is 0.254. The molecular formula is C70H56N2O4P2. The Hall–Kier alpha value is -8.66. The first-order valence-electron chi connectivity index (χ1n) is 26.6. The predicted octanol–water partition coefficient (Wildman–Crippen LogP) is 11.0. The summed E-state index contributed by atoms with van der Waals surface area (Å²) in [5.74, 6) is -1.41. The maximum absolute atomic E-state index is 15.0. The van der Waals surface area contributed by atoms with Crippen LogP contribution in [0.4, 0.5) is 11.4 Å². The van der Waals surface area contributed by atoms with E-state index in [1.54, 1.807) is 0 Å². The van der Waals surface area contributed by atoms with Crippen LogP contribution in [0.2, 0.25) is 0 Å². The molecule has 10 aromatic carbocycles. The molecule has 13 rings (SSSR count). The fraction of sp³-hybridized carbons (Fsp3) is 0.0857. The molecule has 3 aliphatic rings. The van der Waals surface area contributed by atoms with Crippen molar-refractivity contribution in [3.8, 4) is 0 Å². The van der Waals surface area contributed by atoms with Gasteiger partial charge in [0.25, 0.3) is 0 Å². The van der Waals surface area contributed by atoms with E-state index in [1.165, 1.54) is 41.6 Å². The van der Waals surface area contributed by atoms with Crippen molar-refractivity contribution in [2.24, 2.45) is 0 Å². The summed E-state index contributed by atoms with van der Waals surface area (Å²) in [6, 6.07) is 88.8. The molecule has 0 aromatic heterocycles. The number of hydrogen-bond acceptors (Lipinski definition) is 4. The molecule has 6 nitrogen and oxygen atoms in total. The van der Waals surface area contributed by atoms with Crippen molar-refractivity contribution >= 4 is 92.0 Å². The van der Waals surface area contributed by atoms with E-state index in [1.807, 2.05) is 97.1 Å². The standard InChI is InChI=1S/C70H56N2O4P2/c1-69(2)47-70(3,48-34-36-49(37-35-48)71-65(73)59-41-39-57(45-61(59)67(71)75)77(51-22-10-4-11-23-51,52-24-12-5-13-25-52)53-26-14-6-15-27-53)64-44-50(38-43-63(64)69)72-66(74)60-42-40-58(46-62(60)68(72)76)78(54-28-16-7-17-29-54,55-30-18-8-19-31-55)56-32-20-9-21-33-56/h4-46,77-78H,47H2,1-3H3. The second-order valence-corrected chi connectivity index (χ2v) is 29.4. The Morgan fingerprint density at radius 1 is 0.308 bits per heavy atom. The topological polar surface area (TPSA) is 74.8 Å². The van der Waals surface area contributed by atoms with Crippen LogP contribution in [0.15, 0.2) is 261 Å². The zero-order valence-electron chi connectivity index (χ0n) is 43.6. The normalized spacial score (nSPS) is 17.0. The summed E-state index contributed by atoms with van der Waals surface area (Å²) in [6.45, 7) is 6.67. The van der Waals surface area contributed by atoms with E-state index in [-0.39, 0.29) is 29.0 Å². The second-order valence-electron chi connectivity index (χ2n) is 21.8. The van der Waals surface area contributed by atoms with Gasteiger partial charge in [-0.05, 0) is 0 Å². The van der Waals surface area contributed by atoms with Crippen LogP contribution in [0.5, 0.6) is 0 Å². The van der Waals surface area contributed by atoms with Gasteiger partial charge in [0.1, 0.15) is 0 Å². The van der Waals surface area contributed by atoms with Crippen LogP contribution in [0.1, 0.15) is 85.3 Å². The molecule has 0 N–H and O–H groups in total. The van der Waals surface area contributed by atoms with Crippen molar-refractivity contribution in [3.05, 3.63) is 300 Å². The first-order chi connectivity index (χ1) is 38.0. The fourth-order valence-electron chi connectivity index (χ4n) is 13.6. The molecule has 2 aliphatic heterocycles.